The molecule has 1 fully saturated rings. The van der Waals surface area contributed by atoms with Crippen molar-refractivity contribution in [2.45, 2.75) is 56.6 Å². The van der Waals surface area contributed by atoms with E-state index in [0.29, 0.717) is 6.04 Å². The molecule has 3 rings (SSSR count). The predicted octanol–water partition coefficient (Wildman–Crippen LogP) is 2.96. The number of rotatable bonds is 3. The van der Waals surface area contributed by atoms with E-state index in [0.717, 1.165) is 19.4 Å². The van der Waals surface area contributed by atoms with Crippen molar-refractivity contribution in [3.05, 3.63) is 35.4 Å². The zero-order chi connectivity index (χ0) is 12.4. The third kappa shape index (κ3) is 2.45. The Morgan fingerprint density at radius 1 is 1.17 bits per heavy atom. The molecule has 2 heteroatoms. The highest BCUT2D eigenvalue weighted by molar-refractivity contribution is 5.31. The maximum atomic E-state index is 10.2. The molecule has 0 aliphatic heterocycles. The van der Waals surface area contributed by atoms with Gasteiger partial charge in [-0.05, 0) is 49.7 Å². The maximum absolute atomic E-state index is 10.2. The minimum absolute atomic E-state index is 0.415. The van der Waals surface area contributed by atoms with E-state index < -0.39 is 5.60 Å². The third-order valence-electron chi connectivity index (χ3n) is 4.58. The summed E-state index contributed by atoms with van der Waals surface area (Å²) in [6.07, 6.45) is 8.10. The van der Waals surface area contributed by atoms with Crippen molar-refractivity contribution < 1.29 is 5.11 Å². The van der Waals surface area contributed by atoms with Crippen molar-refractivity contribution in [3.63, 3.8) is 0 Å². The second-order valence-electron chi connectivity index (χ2n) is 5.96. The normalized spacial score (nSPS) is 25.9. The number of fused-ring (bicyclic) bond motifs is 1. The Balaban J connectivity index is 1.71. The Morgan fingerprint density at radius 3 is 2.78 bits per heavy atom. The SMILES string of the molecule is OC1(CNC2CCCCc3ccccc32)CCC1. The first-order valence-corrected chi connectivity index (χ1v) is 7.30. The average Bonchev–Trinajstić information content (AvgIpc) is 2.56. The molecule has 0 saturated heterocycles. The van der Waals surface area contributed by atoms with Crippen LogP contribution in [0.3, 0.4) is 0 Å². The van der Waals surface area contributed by atoms with Crippen LogP contribution in [-0.4, -0.2) is 17.3 Å². The fraction of sp³-hybridized carbons (Fsp3) is 0.625. The topological polar surface area (TPSA) is 32.3 Å². The van der Waals surface area contributed by atoms with Gasteiger partial charge in [0.1, 0.15) is 0 Å². The van der Waals surface area contributed by atoms with Gasteiger partial charge in [-0.3, -0.25) is 0 Å². The summed E-state index contributed by atoms with van der Waals surface area (Å²) in [7, 11) is 0. The minimum atomic E-state index is -0.415. The van der Waals surface area contributed by atoms with E-state index in [1.54, 1.807) is 0 Å². The zero-order valence-electron chi connectivity index (χ0n) is 11.0. The summed E-state index contributed by atoms with van der Waals surface area (Å²) in [5.41, 5.74) is 2.53. The lowest BCUT2D eigenvalue weighted by Crippen LogP contribution is -2.47. The molecule has 0 amide bonds. The molecular formula is C16H23NO. The number of hydrogen-bond acceptors (Lipinski definition) is 2. The van der Waals surface area contributed by atoms with Crippen LogP contribution in [0.1, 0.15) is 55.7 Å². The minimum Gasteiger partial charge on any atom is -0.389 e. The van der Waals surface area contributed by atoms with Gasteiger partial charge in [0.2, 0.25) is 0 Å². The van der Waals surface area contributed by atoms with Gasteiger partial charge in [0.05, 0.1) is 5.60 Å². The van der Waals surface area contributed by atoms with Gasteiger partial charge in [0.25, 0.3) is 0 Å². The van der Waals surface area contributed by atoms with Crippen LogP contribution < -0.4 is 5.32 Å². The average molecular weight is 245 g/mol. The molecule has 2 N–H and O–H groups in total. The van der Waals surface area contributed by atoms with Gasteiger partial charge in [0.15, 0.2) is 0 Å². The number of benzene rings is 1. The molecule has 18 heavy (non-hydrogen) atoms. The quantitative estimate of drug-likeness (QED) is 0.802. The van der Waals surface area contributed by atoms with Crippen LogP contribution >= 0.6 is 0 Å². The van der Waals surface area contributed by atoms with Crippen molar-refractivity contribution in [1.82, 2.24) is 5.32 Å². The third-order valence-corrected chi connectivity index (χ3v) is 4.58. The van der Waals surface area contributed by atoms with Crippen LogP contribution in [0.25, 0.3) is 0 Å². The molecule has 0 bridgehead atoms. The van der Waals surface area contributed by atoms with Crippen LogP contribution in [0.15, 0.2) is 24.3 Å². The highest BCUT2D eigenvalue weighted by Crippen LogP contribution is 2.33. The number of hydrogen-bond donors (Lipinski definition) is 2. The summed E-state index contributed by atoms with van der Waals surface area (Å²) in [6, 6.07) is 9.22. The molecular weight excluding hydrogens is 222 g/mol. The Hall–Kier alpha value is -0.860. The van der Waals surface area contributed by atoms with Crippen LogP contribution in [-0.2, 0) is 6.42 Å². The van der Waals surface area contributed by atoms with Gasteiger partial charge in [-0.2, -0.15) is 0 Å². The van der Waals surface area contributed by atoms with Crippen molar-refractivity contribution in [3.8, 4) is 0 Å². The van der Waals surface area contributed by atoms with Gasteiger partial charge in [-0.1, -0.05) is 30.7 Å². The molecule has 2 aliphatic carbocycles. The van der Waals surface area contributed by atoms with E-state index in [-0.39, 0.29) is 0 Å². The summed E-state index contributed by atoms with van der Waals surface area (Å²) >= 11 is 0. The summed E-state index contributed by atoms with van der Waals surface area (Å²) in [6.45, 7) is 0.756. The molecule has 1 saturated carbocycles. The smallest absolute Gasteiger partial charge is 0.0771 e. The predicted molar refractivity (Wildman–Crippen MR) is 73.5 cm³/mol. The Morgan fingerprint density at radius 2 is 2.00 bits per heavy atom. The lowest BCUT2D eigenvalue weighted by molar-refractivity contribution is -0.0334. The molecule has 0 spiro atoms. The molecule has 1 unspecified atom stereocenters. The molecule has 0 radical (unpaired) electrons. The second kappa shape index (κ2) is 5.02. The summed E-state index contributed by atoms with van der Waals surface area (Å²) in [5, 5.41) is 13.8. The summed E-state index contributed by atoms with van der Waals surface area (Å²) in [4.78, 5) is 0. The second-order valence-corrected chi connectivity index (χ2v) is 5.96. The van der Waals surface area contributed by atoms with E-state index >= 15 is 0 Å². The molecule has 0 aromatic heterocycles. The first-order valence-electron chi connectivity index (χ1n) is 7.30. The first kappa shape index (κ1) is 12.2. The Labute approximate surface area is 109 Å². The molecule has 0 heterocycles. The molecule has 98 valence electrons. The monoisotopic (exact) mass is 245 g/mol. The first-order chi connectivity index (χ1) is 8.77. The van der Waals surface area contributed by atoms with Crippen molar-refractivity contribution >= 4 is 0 Å². The number of aryl methyl sites for hydroxylation is 1. The molecule has 2 nitrogen and oxygen atoms in total. The largest absolute Gasteiger partial charge is 0.389 e. The van der Waals surface area contributed by atoms with Crippen molar-refractivity contribution in [2.75, 3.05) is 6.54 Å². The van der Waals surface area contributed by atoms with Crippen LogP contribution in [0, 0.1) is 0 Å². The van der Waals surface area contributed by atoms with Gasteiger partial charge in [-0.25, -0.2) is 0 Å². The van der Waals surface area contributed by atoms with Crippen molar-refractivity contribution in [1.29, 1.82) is 0 Å². The maximum Gasteiger partial charge on any atom is 0.0771 e. The lowest BCUT2D eigenvalue weighted by atomic mass is 9.80. The van der Waals surface area contributed by atoms with Gasteiger partial charge < -0.3 is 10.4 Å². The van der Waals surface area contributed by atoms with Crippen molar-refractivity contribution in [2.24, 2.45) is 0 Å². The molecule has 1 aromatic carbocycles. The molecule has 2 aliphatic rings. The highest BCUT2D eigenvalue weighted by atomic mass is 16.3. The summed E-state index contributed by atoms with van der Waals surface area (Å²) in [5.74, 6) is 0. The van der Waals surface area contributed by atoms with E-state index in [1.165, 1.54) is 43.2 Å². The van der Waals surface area contributed by atoms with Crippen LogP contribution in [0.2, 0.25) is 0 Å². The zero-order valence-corrected chi connectivity index (χ0v) is 11.0. The Kier molecular flexibility index (Phi) is 3.40. The number of nitrogens with one attached hydrogen (secondary N) is 1. The van der Waals surface area contributed by atoms with E-state index in [4.69, 9.17) is 0 Å². The highest BCUT2D eigenvalue weighted by Gasteiger charge is 2.34. The van der Waals surface area contributed by atoms with Gasteiger partial charge in [-0.15, -0.1) is 0 Å². The van der Waals surface area contributed by atoms with E-state index in [2.05, 4.69) is 29.6 Å². The lowest BCUT2D eigenvalue weighted by Gasteiger charge is -2.38. The fourth-order valence-electron chi connectivity index (χ4n) is 3.21. The van der Waals surface area contributed by atoms with Crippen LogP contribution in [0.5, 0.6) is 0 Å². The number of aliphatic hydroxyl groups is 1. The molecule has 1 atom stereocenters. The van der Waals surface area contributed by atoms with E-state index in [9.17, 15) is 5.11 Å². The van der Waals surface area contributed by atoms with Gasteiger partial charge >= 0.3 is 0 Å². The summed E-state index contributed by atoms with van der Waals surface area (Å²) < 4.78 is 0. The Bertz CT molecular complexity index is 411. The van der Waals surface area contributed by atoms with Gasteiger partial charge in [0, 0.05) is 12.6 Å². The fourth-order valence-corrected chi connectivity index (χ4v) is 3.21. The van der Waals surface area contributed by atoms with E-state index in [1.807, 2.05) is 0 Å². The standard InChI is InChI=1S/C16H23NO/c18-16(10-5-11-16)12-17-15-9-4-2-7-13-6-1-3-8-14(13)15/h1,3,6,8,15,17-18H,2,4-5,7,9-12H2. The van der Waals surface area contributed by atoms with Crippen LogP contribution in [0.4, 0.5) is 0 Å². The molecule has 1 aromatic rings.